The third-order valence-electron chi connectivity index (χ3n) is 3.62. The summed E-state index contributed by atoms with van der Waals surface area (Å²) in [6.45, 7) is 5.15. The Morgan fingerprint density at radius 1 is 1.08 bits per heavy atom. The first-order chi connectivity index (χ1) is 11.9. The monoisotopic (exact) mass is 711 g/mol. The summed E-state index contributed by atoms with van der Waals surface area (Å²) in [7, 11) is -4.61. The number of aryl methyl sites for hydroxylation is 1. The van der Waals surface area contributed by atoms with Gasteiger partial charge in [0, 0.05) is 10.7 Å². The van der Waals surface area contributed by atoms with Crippen molar-refractivity contribution in [2.75, 3.05) is 0 Å². The van der Waals surface area contributed by atoms with E-state index in [-0.39, 0.29) is 16.6 Å². The van der Waals surface area contributed by atoms with Gasteiger partial charge in [0.25, 0.3) is 0 Å². The Morgan fingerprint density at radius 2 is 1.62 bits per heavy atom. The molecule has 0 amide bonds. The normalized spacial score (nSPS) is 11.7. The molecular weight excluding hydrogens is 697 g/mol. The average molecular weight is 711 g/mol. The Balaban J connectivity index is 2.47. The van der Waals surface area contributed by atoms with E-state index in [2.05, 4.69) is 67.8 Å². The van der Waals surface area contributed by atoms with Gasteiger partial charge in [-0.2, -0.15) is 0 Å². The summed E-state index contributed by atoms with van der Waals surface area (Å²) in [5.41, 5.74) is 1.15. The van der Waals surface area contributed by atoms with E-state index in [0.29, 0.717) is 16.7 Å². The van der Waals surface area contributed by atoms with Crippen molar-refractivity contribution >= 4 is 83.9 Å². The standard InChI is InChI=1S/C17H15I3O5S/c1-8(2)11-7-14(9(3)4-15(11)26(22,23)24)25-17(21)10-5-12(18)16(20)13(19)6-10/h4-8H,1-3H3,(H,22,23,24)/p-1. The highest BCUT2D eigenvalue weighted by molar-refractivity contribution is 14.1. The van der Waals surface area contributed by atoms with Gasteiger partial charge in [-0.1, -0.05) is 13.8 Å². The second-order valence-electron chi connectivity index (χ2n) is 5.91. The molecule has 0 aromatic heterocycles. The maximum absolute atomic E-state index is 12.5. The van der Waals surface area contributed by atoms with Crippen LogP contribution in [-0.2, 0) is 10.1 Å². The largest absolute Gasteiger partial charge is 0.744 e. The molecule has 2 aromatic carbocycles. The van der Waals surface area contributed by atoms with Gasteiger partial charge in [0.1, 0.15) is 15.9 Å². The number of esters is 1. The summed E-state index contributed by atoms with van der Waals surface area (Å²) in [6.07, 6.45) is 0. The summed E-state index contributed by atoms with van der Waals surface area (Å²) in [5.74, 6) is -0.505. The van der Waals surface area contributed by atoms with E-state index >= 15 is 0 Å². The van der Waals surface area contributed by atoms with Crippen LogP contribution in [0.5, 0.6) is 5.75 Å². The molecule has 2 rings (SSSR count). The van der Waals surface area contributed by atoms with Crippen LogP contribution in [0.3, 0.4) is 0 Å². The molecular formula is C17H14I3O5S-. The molecule has 0 heterocycles. The van der Waals surface area contributed by atoms with Gasteiger partial charge in [0.05, 0.1) is 10.5 Å². The lowest BCUT2D eigenvalue weighted by atomic mass is 10.0. The number of hydrogen-bond donors (Lipinski definition) is 0. The van der Waals surface area contributed by atoms with Gasteiger partial charge in [-0.25, -0.2) is 13.2 Å². The van der Waals surface area contributed by atoms with Crippen LogP contribution in [0.2, 0.25) is 0 Å². The van der Waals surface area contributed by atoms with Crippen LogP contribution in [0.1, 0.15) is 41.3 Å². The van der Waals surface area contributed by atoms with Gasteiger partial charge >= 0.3 is 5.97 Å². The zero-order chi connectivity index (χ0) is 19.8. The Labute approximate surface area is 193 Å². The van der Waals surface area contributed by atoms with E-state index in [1.54, 1.807) is 32.9 Å². The van der Waals surface area contributed by atoms with Crippen molar-refractivity contribution in [1.82, 2.24) is 0 Å². The molecule has 140 valence electrons. The molecule has 0 N–H and O–H groups in total. The van der Waals surface area contributed by atoms with Crippen molar-refractivity contribution in [3.05, 3.63) is 51.7 Å². The molecule has 0 bridgehead atoms. The van der Waals surface area contributed by atoms with Crippen LogP contribution in [0, 0.1) is 17.6 Å². The zero-order valence-corrected chi connectivity index (χ0v) is 21.3. The summed E-state index contributed by atoms with van der Waals surface area (Å²) >= 11 is 6.51. The third-order valence-corrected chi connectivity index (χ3v) is 9.44. The number of benzene rings is 2. The number of ether oxygens (including phenoxy) is 1. The first-order valence-corrected chi connectivity index (χ1v) is 12.0. The molecule has 0 saturated carbocycles. The second-order valence-corrected chi connectivity index (χ2v) is 10.7. The van der Waals surface area contributed by atoms with Crippen molar-refractivity contribution in [2.45, 2.75) is 31.6 Å². The maximum atomic E-state index is 12.5. The maximum Gasteiger partial charge on any atom is 0.343 e. The van der Waals surface area contributed by atoms with Crippen LogP contribution >= 0.6 is 67.8 Å². The number of carbonyl (C=O) groups excluding carboxylic acids is 1. The van der Waals surface area contributed by atoms with Crippen molar-refractivity contribution in [3.8, 4) is 5.75 Å². The summed E-state index contributed by atoms with van der Waals surface area (Å²) < 4.78 is 43.0. The summed E-state index contributed by atoms with van der Waals surface area (Å²) in [6, 6.07) is 6.21. The molecule has 0 radical (unpaired) electrons. The van der Waals surface area contributed by atoms with E-state index in [1.807, 2.05) is 0 Å². The molecule has 0 saturated heterocycles. The first-order valence-electron chi connectivity index (χ1n) is 7.39. The molecule has 0 atom stereocenters. The number of halogens is 3. The molecule has 0 aliphatic carbocycles. The predicted octanol–water partition coefficient (Wildman–Crippen LogP) is 5.06. The Bertz CT molecular complexity index is 961. The van der Waals surface area contributed by atoms with Crippen molar-refractivity contribution in [3.63, 3.8) is 0 Å². The lowest BCUT2D eigenvalue weighted by Crippen LogP contribution is -2.12. The third kappa shape index (κ3) is 5.08. The zero-order valence-electron chi connectivity index (χ0n) is 14.0. The molecule has 0 fully saturated rings. The van der Waals surface area contributed by atoms with Gasteiger partial charge in [-0.3, -0.25) is 0 Å². The van der Waals surface area contributed by atoms with E-state index in [4.69, 9.17) is 4.74 Å². The van der Waals surface area contributed by atoms with E-state index in [0.717, 1.165) is 10.7 Å². The van der Waals surface area contributed by atoms with Gasteiger partial charge in [0.2, 0.25) is 0 Å². The minimum atomic E-state index is -4.61. The van der Waals surface area contributed by atoms with E-state index in [1.165, 1.54) is 12.1 Å². The molecule has 5 nitrogen and oxygen atoms in total. The summed E-state index contributed by atoms with van der Waals surface area (Å²) in [4.78, 5) is 12.3. The van der Waals surface area contributed by atoms with Crippen LogP contribution in [-0.4, -0.2) is 18.9 Å². The van der Waals surface area contributed by atoms with Gasteiger partial charge in [-0.15, -0.1) is 0 Å². The molecule has 2 aromatic rings. The SMILES string of the molecule is Cc1cc(S(=O)(=O)[O-])c(C(C)C)cc1OC(=O)c1cc(I)c(I)c(I)c1. The van der Waals surface area contributed by atoms with Gasteiger partial charge < -0.3 is 9.29 Å². The number of carbonyl (C=O) groups is 1. The molecule has 0 aliphatic heterocycles. The van der Waals surface area contributed by atoms with Crippen LogP contribution in [0.25, 0.3) is 0 Å². The lowest BCUT2D eigenvalue weighted by Gasteiger charge is -2.19. The minimum Gasteiger partial charge on any atom is -0.744 e. The fraction of sp³-hybridized carbons (Fsp3) is 0.235. The minimum absolute atomic E-state index is 0.216. The average Bonchev–Trinajstić information content (AvgIpc) is 2.52. The van der Waals surface area contributed by atoms with Crippen LogP contribution in [0.4, 0.5) is 0 Å². The quantitative estimate of drug-likeness (QED) is 0.146. The number of hydrogen-bond acceptors (Lipinski definition) is 5. The Morgan fingerprint density at radius 3 is 2.08 bits per heavy atom. The highest BCUT2D eigenvalue weighted by atomic mass is 127. The molecule has 26 heavy (non-hydrogen) atoms. The van der Waals surface area contributed by atoms with Crippen molar-refractivity contribution in [2.24, 2.45) is 0 Å². The van der Waals surface area contributed by atoms with Gasteiger partial charge in [-0.05, 0) is 116 Å². The topological polar surface area (TPSA) is 83.5 Å². The number of rotatable bonds is 4. The Hall–Kier alpha value is 0.0100. The summed E-state index contributed by atoms with van der Waals surface area (Å²) in [5, 5.41) is 0. The van der Waals surface area contributed by atoms with Crippen LogP contribution in [0.15, 0.2) is 29.2 Å². The molecule has 0 aliphatic rings. The smallest absolute Gasteiger partial charge is 0.343 e. The predicted molar refractivity (Wildman–Crippen MR) is 123 cm³/mol. The van der Waals surface area contributed by atoms with Crippen molar-refractivity contribution in [1.29, 1.82) is 0 Å². The molecule has 0 unspecified atom stereocenters. The lowest BCUT2D eigenvalue weighted by molar-refractivity contribution is 0.0733. The first kappa shape index (κ1) is 22.3. The fourth-order valence-electron chi connectivity index (χ4n) is 2.29. The van der Waals surface area contributed by atoms with Crippen LogP contribution < -0.4 is 4.74 Å². The fourth-order valence-corrected chi connectivity index (χ4v) is 5.27. The van der Waals surface area contributed by atoms with Gasteiger partial charge in [0.15, 0.2) is 0 Å². The Kier molecular flexibility index (Phi) is 7.35. The highest BCUT2D eigenvalue weighted by Gasteiger charge is 2.19. The van der Waals surface area contributed by atoms with Crippen molar-refractivity contribution < 1.29 is 22.5 Å². The van der Waals surface area contributed by atoms with E-state index < -0.39 is 16.1 Å². The molecule has 0 spiro atoms. The second kappa shape index (κ2) is 8.57. The molecule has 9 heteroatoms. The van der Waals surface area contributed by atoms with E-state index in [9.17, 15) is 17.8 Å². The highest BCUT2D eigenvalue weighted by Crippen LogP contribution is 2.32.